The highest BCUT2D eigenvalue weighted by Crippen LogP contribution is 2.19. The number of methoxy groups -OCH3 is 1. The van der Waals surface area contributed by atoms with Crippen molar-refractivity contribution in [3.8, 4) is 5.75 Å². The average Bonchev–Trinajstić information content (AvgIpc) is 2.47. The number of nitrogens with one attached hydrogen (secondary N) is 1. The Morgan fingerprint density at radius 1 is 1.45 bits per heavy atom. The Hall–Kier alpha value is -2.24. The van der Waals surface area contributed by atoms with Crippen molar-refractivity contribution in [3.63, 3.8) is 0 Å². The van der Waals surface area contributed by atoms with Gasteiger partial charge in [-0.2, -0.15) is 0 Å². The van der Waals surface area contributed by atoms with E-state index in [1.54, 1.807) is 36.3 Å². The zero-order chi connectivity index (χ0) is 14.5. The van der Waals surface area contributed by atoms with Crippen LogP contribution in [0.2, 0.25) is 0 Å². The van der Waals surface area contributed by atoms with E-state index in [4.69, 9.17) is 10.5 Å². The van der Waals surface area contributed by atoms with Crippen LogP contribution >= 0.6 is 0 Å². The second kappa shape index (κ2) is 6.27. The molecule has 3 N–H and O–H groups in total. The minimum Gasteiger partial charge on any atom is -0.497 e. The molecule has 6 nitrogen and oxygen atoms in total. The number of carbonyl (C=O) groups is 2. The highest BCUT2D eigenvalue weighted by Gasteiger charge is 2.26. The number of piperidine rings is 1. The summed E-state index contributed by atoms with van der Waals surface area (Å²) in [5.74, 6) is 0.0835. The van der Waals surface area contributed by atoms with Gasteiger partial charge in [0.05, 0.1) is 13.0 Å². The SMILES string of the molecule is COc1cccc(NC(=O)N2CCC[C@H](C(N)=O)C2)c1. The number of ether oxygens (including phenoxy) is 1. The second-order valence-electron chi connectivity index (χ2n) is 4.85. The molecule has 0 aliphatic carbocycles. The van der Waals surface area contributed by atoms with Crippen molar-refractivity contribution in [1.29, 1.82) is 0 Å². The van der Waals surface area contributed by atoms with E-state index in [0.717, 1.165) is 12.8 Å². The molecular weight excluding hydrogens is 258 g/mol. The van der Waals surface area contributed by atoms with Gasteiger partial charge < -0.3 is 20.7 Å². The maximum Gasteiger partial charge on any atom is 0.321 e. The number of primary amides is 1. The molecule has 1 atom stereocenters. The van der Waals surface area contributed by atoms with E-state index < -0.39 is 0 Å². The molecule has 1 aromatic carbocycles. The first-order valence-electron chi connectivity index (χ1n) is 6.59. The fourth-order valence-electron chi connectivity index (χ4n) is 2.30. The van der Waals surface area contributed by atoms with Gasteiger partial charge in [0, 0.05) is 24.8 Å². The Bertz CT molecular complexity index is 504. The van der Waals surface area contributed by atoms with Crippen LogP contribution in [-0.2, 0) is 4.79 Å². The van der Waals surface area contributed by atoms with Crippen molar-refractivity contribution >= 4 is 17.6 Å². The first-order chi connectivity index (χ1) is 9.60. The van der Waals surface area contributed by atoms with Crippen molar-refractivity contribution in [2.75, 3.05) is 25.5 Å². The summed E-state index contributed by atoms with van der Waals surface area (Å²) in [5, 5.41) is 2.80. The smallest absolute Gasteiger partial charge is 0.321 e. The lowest BCUT2D eigenvalue weighted by Gasteiger charge is -2.31. The number of urea groups is 1. The van der Waals surface area contributed by atoms with Gasteiger partial charge in [0.1, 0.15) is 5.75 Å². The molecule has 2 rings (SSSR count). The summed E-state index contributed by atoms with van der Waals surface area (Å²) in [7, 11) is 1.57. The molecule has 20 heavy (non-hydrogen) atoms. The molecule has 0 saturated carbocycles. The lowest BCUT2D eigenvalue weighted by Crippen LogP contribution is -2.45. The number of nitrogens with zero attached hydrogens (tertiary/aromatic N) is 1. The lowest BCUT2D eigenvalue weighted by atomic mass is 9.98. The monoisotopic (exact) mass is 277 g/mol. The van der Waals surface area contributed by atoms with Crippen LogP contribution in [0.3, 0.4) is 0 Å². The highest BCUT2D eigenvalue weighted by molar-refractivity contribution is 5.90. The van der Waals surface area contributed by atoms with E-state index in [2.05, 4.69) is 5.32 Å². The number of rotatable bonds is 3. The van der Waals surface area contributed by atoms with Gasteiger partial charge in [-0.15, -0.1) is 0 Å². The molecule has 0 unspecified atom stereocenters. The van der Waals surface area contributed by atoms with Crippen LogP contribution < -0.4 is 15.8 Å². The Morgan fingerprint density at radius 3 is 2.95 bits per heavy atom. The Labute approximate surface area is 117 Å². The maximum absolute atomic E-state index is 12.2. The first kappa shape index (κ1) is 14.2. The Kier molecular flexibility index (Phi) is 4.45. The van der Waals surface area contributed by atoms with Gasteiger partial charge in [0.2, 0.25) is 5.91 Å². The van der Waals surface area contributed by atoms with Crippen molar-refractivity contribution in [1.82, 2.24) is 4.90 Å². The number of carbonyl (C=O) groups excluding carboxylic acids is 2. The first-order valence-corrected chi connectivity index (χ1v) is 6.59. The summed E-state index contributed by atoms with van der Waals surface area (Å²) in [6.45, 7) is 1.02. The van der Waals surface area contributed by atoms with Gasteiger partial charge in [0.15, 0.2) is 0 Å². The number of amides is 3. The molecule has 0 spiro atoms. The van der Waals surface area contributed by atoms with Crippen LogP contribution in [0.15, 0.2) is 24.3 Å². The zero-order valence-electron chi connectivity index (χ0n) is 11.5. The molecule has 0 aromatic heterocycles. The van der Waals surface area contributed by atoms with Crippen LogP contribution in [-0.4, -0.2) is 37.0 Å². The van der Waals surface area contributed by atoms with Crippen molar-refractivity contribution in [3.05, 3.63) is 24.3 Å². The van der Waals surface area contributed by atoms with Gasteiger partial charge in [-0.05, 0) is 25.0 Å². The van der Waals surface area contributed by atoms with Gasteiger partial charge >= 0.3 is 6.03 Å². The molecule has 1 saturated heterocycles. The Balaban J connectivity index is 1.98. The van der Waals surface area contributed by atoms with E-state index in [9.17, 15) is 9.59 Å². The third-order valence-electron chi connectivity index (χ3n) is 3.43. The van der Waals surface area contributed by atoms with Crippen LogP contribution in [0.1, 0.15) is 12.8 Å². The molecule has 6 heteroatoms. The molecule has 1 aliphatic heterocycles. The predicted molar refractivity (Wildman–Crippen MR) is 75.5 cm³/mol. The lowest BCUT2D eigenvalue weighted by molar-refractivity contribution is -0.123. The number of hydrogen-bond donors (Lipinski definition) is 2. The van der Waals surface area contributed by atoms with Crippen molar-refractivity contribution < 1.29 is 14.3 Å². The number of benzene rings is 1. The molecular formula is C14H19N3O3. The molecule has 0 radical (unpaired) electrons. The molecule has 1 heterocycles. The van der Waals surface area contributed by atoms with E-state index in [0.29, 0.717) is 24.5 Å². The van der Waals surface area contributed by atoms with Crippen LogP contribution in [0, 0.1) is 5.92 Å². The molecule has 1 aliphatic rings. The van der Waals surface area contributed by atoms with Gasteiger partial charge in [-0.25, -0.2) is 4.79 Å². The standard InChI is InChI=1S/C14H19N3O3/c1-20-12-6-2-5-11(8-12)16-14(19)17-7-3-4-10(9-17)13(15)18/h2,5-6,8,10H,3-4,7,9H2,1H3,(H2,15,18)(H,16,19)/t10-/m0/s1. The van der Waals surface area contributed by atoms with E-state index in [-0.39, 0.29) is 17.9 Å². The Morgan fingerprint density at radius 2 is 2.25 bits per heavy atom. The van der Waals surface area contributed by atoms with Crippen LogP contribution in [0.4, 0.5) is 10.5 Å². The van der Waals surface area contributed by atoms with Gasteiger partial charge in [0.25, 0.3) is 0 Å². The predicted octanol–water partition coefficient (Wildman–Crippen LogP) is 1.42. The normalized spacial score (nSPS) is 18.4. The van der Waals surface area contributed by atoms with E-state index in [1.165, 1.54) is 0 Å². The van der Waals surface area contributed by atoms with Gasteiger partial charge in [-0.3, -0.25) is 4.79 Å². The number of anilines is 1. The van der Waals surface area contributed by atoms with E-state index >= 15 is 0 Å². The molecule has 108 valence electrons. The third-order valence-corrected chi connectivity index (χ3v) is 3.43. The zero-order valence-corrected chi connectivity index (χ0v) is 11.5. The fraction of sp³-hybridized carbons (Fsp3) is 0.429. The summed E-state index contributed by atoms with van der Waals surface area (Å²) in [6, 6.07) is 6.92. The topological polar surface area (TPSA) is 84.7 Å². The minimum atomic E-state index is -0.344. The largest absolute Gasteiger partial charge is 0.497 e. The second-order valence-corrected chi connectivity index (χ2v) is 4.85. The average molecular weight is 277 g/mol. The van der Waals surface area contributed by atoms with Crippen molar-refractivity contribution in [2.24, 2.45) is 11.7 Å². The number of hydrogen-bond acceptors (Lipinski definition) is 3. The quantitative estimate of drug-likeness (QED) is 0.876. The summed E-state index contributed by atoms with van der Waals surface area (Å²) in [6.07, 6.45) is 1.54. The molecule has 1 aromatic rings. The summed E-state index contributed by atoms with van der Waals surface area (Å²) < 4.78 is 5.10. The summed E-state index contributed by atoms with van der Waals surface area (Å²) >= 11 is 0. The number of likely N-dealkylation sites (tertiary alicyclic amines) is 1. The van der Waals surface area contributed by atoms with Crippen molar-refractivity contribution in [2.45, 2.75) is 12.8 Å². The minimum absolute atomic E-state index is 0.218. The third kappa shape index (κ3) is 3.40. The summed E-state index contributed by atoms with van der Waals surface area (Å²) in [5.41, 5.74) is 5.97. The van der Waals surface area contributed by atoms with Crippen LogP contribution in [0.25, 0.3) is 0 Å². The number of nitrogens with two attached hydrogens (primary N) is 1. The summed E-state index contributed by atoms with van der Waals surface area (Å²) in [4.78, 5) is 25.0. The maximum atomic E-state index is 12.2. The highest BCUT2D eigenvalue weighted by atomic mass is 16.5. The molecule has 3 amide bonds. The van der Waals surface area contributed by atoms with Gasteiger partial charge in [-0.1, -0.05) is 6.07 Å². The van der Waals surface area contributed by atoms with Crippen LogP contribution in [0.5, 0.6) is 5.75 Å². The molecule has 1 fully saturated rings. The molecule has 0 bridgehead atoms. The fourth-order valence-corrected chi connectivity index (χ4v) is 2.30. The van der Waals surface area contributed by atoms with E-state index in [1.807, 2.05) is 0 Å².